The van der Waals surface area contributed by atoms with Gasteiger partial charge in [-0.1, -0.05) is 37.6 Å². The largest absolute Gasteiger partial charge is 0.205 e. The molecule has 5 heteroatoms. The number of aryl methyl sites for hydroxylation is 1. The minimum absolute atomic E-state index is 0.203. The van der Waals surface area contributed by atoms with Gasteiger partial charge in [0.1, 0.15) is 23.3 Å². The zero-order chi connectivity index (χ0) is 16.7. The van der Waals surface area contributed by atoms with E-state index >= 15 is 0 Å². The highest BCUT2D eigenvalue weighted by molar-refractivity contribution is 5.82. The van der Waals surface area contributed by atoms with Gasteiger partial charge in [-0.2, -0.15) is 15.5 Å². The van der Waals surface area contributed by atoms with E-state index in [9.17, 15) is 8.78 Å². The van der Waals surface area contributed by atoms with Crippen molar-refractivity contribution >= 4 is 12.4 Å². The summed E-state index contributed by atoms with van der Waals surface area (Å²) in [6.07, 6.45) is 4.92. The lowest BCUT2D eigenvalue weighted by atomic mass is 10.1. The van der Waals surface area contributed by atoms with Crippen molar-refractivity contribution in [1.82, 2.24) is 0 Å². The van der Waals surface area contributed by atoms with E-state index in [1.54, 1.807) is 6.21 Å². The molecule has 0 saturated heterocycles. The molecular formula is C18H15F2N3. The maximum atomic E-state index is 13.4. The fourth-order valence-electron chi connectivity index (χ4n) is 2.03. The molecule has 0 saturated carbocycles. The predicted molar refractivity (Wildman–Crippen MR) is 86.7 cm³/mol. The Morgan fingerprint density at radius 3 is 2.09 bits per heavy atom. The molecule has 0 radical (unpaired) electrons. The van der Waals surface area contributed by atoms with Crippen molar-refractivity contribution in [3.8, 4) is 6.07 Å². The Hall–Kier alpha value is -2.87. The monoisotopic (exact) mass is 311 g/mol. The molecule has 0 aliphatic rings. The van der Waals surface area contributed by atoms with Crippen LogP contribution in [0.5, 0.6) is 0 Å². The summed E-state index contributed by atoms with van der Waals surface area (Å²) in [5.74, 6) is -1.83. The standard InChI is InChI=1S/C18H15F2N3/c1-2-3-13-4-6-14(7-5-13)11-22-23-12-15-8-17(19)16(10-21)18(20)9-15/h4-9,11-12H,2-3H2,1H3/b22-11+,23-12+. The molecule has 0 aromatic heterocycles. The third-order valence-electron chi connectivity index (χ3n) is 3.17. The van der Waals surface area contributed by atoms with Crippen LogP contribution in [0.2, 0.25) is 0 Å². The summed E-state index contributed by atoms with van der Waals surface area (Å²) >= 11 is 0. The van der Waals surface area contributed by atoms with Crippen molar-refractivity contribution < 1.29 is 8.78 Å². The van der Waals surface area contributed by atoms with Crippen molar-refractivity contribution in [1.29, 1.82) is 5.26 Å². The molecule has 0 atom stereocenters. The number of nitriles is 1. The van der Waals surface area contributed by atoms with E-state index in [0.717, 1.165) is 30.5 Å². The zero-order valence-corrected chi connectivity index (χ0v) is 12.6. The van der Waals surface area contributed by atoms with Gasteiger partial charge in [0.2, 0.25) is 0 Å². The van der Waals surface area contributed by atoms with Gasteiger partial charge < -0.3 is 0 Å². The number of benzene rings is 2. The second kappa shape index (κ2) is 7.95. The summed E-state index contributed by atoms with van der Waals surface area (Å²) in [4.78, 5) is 0. The number of halogens is 2. The molecule has 0 bridgehead atoms. The minimum Gasteiger partial charge on any atom is -0.205 e. The van der Waals surface area contributed by atoms with Crippen molar-refractivity contribution in [2.24, 2.45) is 10.2 Å². The summed E-state index contributed by atoms with van der Waals surface area (Å²) in [7, 11) is 0. The molecule has 0 N–H and O–H groups in total. The first-order valence-corrected chi connectivity index (χ1v) is 7.18. The fraction of sp³-hybridized carbons (Fsp3) is 0.167. The molecule has 116 valence electrons. The van der Waals surface area contributed by atoms with E-state index in [-0.39, 0.29) is 5.56 Å². The lowest BCUT2D eigenvalue weighted by Gasteiger charge is -1.98. The van der Waals surface area contributed by atoms with Gasteiger partial charge in [-0.15, -0.1) is 0 Å². The van der Waals surface area contributed by atoms with Crippen LogP contribution in [0.1, 0.15) is 35.6 Å². The molecule has 0 spiro atoms. The summed E-state index contributed by atoms with van der Waals surface area (Å²) in [5.41, 5.74) is 1.75. The van der Waals surface area contributed by atoms with Crippen molar-refractivity contribution in [3.63, 3.8) is 0 Å². The van der Waals surface area contributed by atoms with Crippen LogP contribution in [0.15, 0.2) is 46.6 Å². The lowest BCUT2D eigenvalue weighted by Crippen LogP contribution is -1.93. The topological polar surface area (TPSA) is 48.5 Å². The molecule has 2 aromatic rings. The molecule has 0 aliphatic heterocycles. The molecular weight excluding hydrogens is 296 g/mol. The Morgan fingerprint density at radius 2 is 1.57 bits per heavy atom. The summed E-state index contributed by atoms with van der Waals surface area (Å²) < 4.78 is 26.8. The average Bonchev–Trinajstić information content (AvgIpc) is 2.53. The van der Waals surface area contributed by atoms with Gasteiger partial charge in [0, 0.05) is 5.56 Å². The normalized spacial score (nSPS) is 11.2. The number of nitrogens with zero attached hydrogens (tertiary/aromatic N) is 3. The Labute approximate surface area is 133 Å². The van der Waals surface area contributed by atoms with Crippen LogP contribution in [0.25, 0.3) is 0 Å². The predicted octanol–water partition coefficient (Wildman–Crippen LogP) is 4.24. The van der Waals surface area contributed by atoms with Crippen LogP contribution >= 0.6 is 0 Å². The smallest absolute Gasteiger partial charge is 0.144 e. The van der Waals surface area contributed by atoms with Crippen LogP contribution in [0, 0.1) is 23.0 Å². The Bertz CT molecular complexity index is 749. The molecule has 0 unspecified atom stereocenters. The molecule has 0 fully saturated rings. The molecule has 0 aliphatic carbocycles. The van der Waals surface area contributed by atoms with Gasteiger partial charge in [0.15, 0.2) is 0 Å². The highest BCUT2D eigenvalue weighted by Gasteiger charge is 2.09. The summed E-state index contributed by atoms with van der Waals surface area (Å²) in [6.45, 7) is 2.12. The maximum absolute atomic E-state index is 13.4. The van der Waals surface area contributed by atoms with E-state index in [1.807, 2.05) is 24.3 Å². The van der Waals surface area contributed by atoms with E-state index in [2.05, 4.69) is 17.1 Å². The SMILES string of the molecule is CCCc1ccc(/C=N/N=C/c2cc(F)c(C#N)c(F)c2)cc1. The first-order chi connectivity index (χ1) is 11.1. The molecule has 23 heavy (non-hydrogen) atoms. The quantitative estimate of drug-likeness (QED) is 0.602. The zero-order valence-electron chi connectivity index (χ0n) is 12.6. The van der Waals surface area contributed by atoms with E-state index in [0.29, 0.717) is 0 Å². The maximum Gasteiger partial charge on any atom is 0.144 e. The second-order valence-electron chi connectivity index (χ2n) is 4.95. The van der Waals surface area contributed by atoms with Crippen LogP contribution in [0.4, 0.5) is 8.78 Å². The van der Waals surface area contributed by atoms with Gasteiger partial charge in [-0.25, -0.2) is 8.78 Å². The Morgan fingerprint density at radius 1 is 1.00 bits per heavy atom. The Kier molecular flexibility index (Phi) is 5.70. The number of hydrogen-bond acceptors (Lipinski definition) is 3. The van der Waals surface area contributed by atoms with Crippen LogP contribution < -0.4 is 0 Å². The van der Waals surface area contributed by atoms with Crippen LogP contribution in [-0.4, -0.2) is 12.4 Å². The minimum atomic E-state index is -0.913. The van der Waals surface area contributed by atoms with Crippen molar-refractivity contribution in [2.75, 3.05) is 0 Å². The third kappa shape index (κ3) is 4.55. The summed E-state index contributed by atoms with van der Waals surface area (Å²) in [5, 5.41) is 16.2. The first-order valence-electron chi connectivity index (χ1n) is 7.18. The van der Waals surface area contributed by atoms with Crippen molar-refractivity contribution in [3.05, 3.63) is 70.3 Å². The number of rotatable bonds is 5. The average molecular weight is 311 g/mol. The summed E-state index contributed by atoms with van der Waals surface area (Å²) in [6, 6.07) is 11.5. The first kappa shape index (κ1) is 16.5. The van der Waals surface area contributed by atoms with Gasteiger partial charge in [0.25, 0.3) is 0 Å². The third-order valence-corrected chi connectivity index (χ3v) is 3.17. The van der Waals surface area contributed by atoms with Crippen LogP contribution in [-0.2, 0) is 6.42 Å². The molecule has 0 amide bonds. The lowest BCUT2D eigenvalue weighted by molar-refractivity contribution is 0.576. The van der Waals surface area contributed by atoms with Crippen LogP contribution in [0.3, 0.4) is 0 Å². The van der Waals surface area contributed by atoms with Crippen molar-refractivity contribution in [2.45, 2.75) is 19.8 Å². The molecule has 2 rings (SSSR count). The second-order valence-corrected chi connectivity index (χ2v) is 4.95. The fourth-order valence-corrected chi connectivity index (χ4v) is 2.03. The van der Waals surface area contributed by atoms with Gasteiger partial charge in [-0.3, -0.25) is 0 Å². The van der Waals surface area contributed by atoms with E-state index in [4.69, 9.17) is 5.26 Å². The van der Waals surface area contributed by atoms with Gasteiger partial charge >= 0.3 is 0 Å². The van der Waals surface area contributed by atoms with Gasteiger partial charge in [-0.05, 0) is 29.7 Å². The highest BCUT2D eigenvalue weighted by Crippen LogP contribution is 2.13. The van der Waals surface area contributed by atoms with E-state index < -0.39 is 17.2 Å². The van der Waals surface area contributed by atoms with E-state index in [1.165, 1.54) is 17.8 Å². The molecule has 0 heterocycles. The highest BCUT2D eigenvalue weighted by atomic mass is 19.1. The molecule has 2 aromatic carbocycles. The molecule has 3 nitrogen and oxygen atoms in total. The van der Waals surface area contributed by atoms with Gasteiger partial charge in [0.05, 0.1) is 12.4 Å². The number of hydrogen-bond donors (Lipinski definition) is 0. The Balaban J connectivity index is 2.05.